The van der Waals surface area contributed by atoms with Crippen LogP contribution in [-0.2, 0) is 0 Å². The fraction of sp³-hybridized carbons (Fsp3) is 0.895. The highest BCUT2D eigenvalue weighted by molar-refractivity contribution is 5.25. The van der Waals surface area contributed by atoms with E-state index in [0.29, 0.717) is 10.8 Å². The highest BCUT2D eigenvalue weighted by Gasteiger charge is 2.55. The molecular weight excluding hydrogens is 244 g/mol. The molecule has 20 heavy (non-hydrogen) atoms. The predicted octanol–water partition coefficient (Wildman–Crippen LogP) is 4.70. The van der Waals surface area contributed by atoms with E-state index in [4.69, 9.17) is 0 Å². The molecule has 1 heteroatoms. The van der Waals surface area contributed by atoms with Gasteiger partial charge in [-0.3, -0.25) is 0 Å². The largest absolute Gasteiger partial charge is 0.393 e. The molecule has 0 heterocycles. The lowest BCUT2D eigenvalue weighted by molar-refractivity contribution is -0.0360. The quantitative estimate of drug-likeness (QED) is 0.635. The molecule has 4 rings (SSSR count). The molecule has 0 radical (unpaired) electrons. The zero-order chi connectivity index (χ0) is 14.0. The van der Waals surface area contributed by atoms with Gasteiger partial charge in [-0.25, -0.2) is 0 Å². The monoisotopic (exact) mass is 274 g/mol. The zero-order valence-electron chi connectivity index (χ0n) is 13.2. The topological polar surface area (TPSA) is 20.2 Å². The molecule has 0 spiro atoms. The molecule has 0 bridgehead atoms. The van der Waals surface area contributed by atoms with Gasteiger partial charge in [0.15, 0.2) is 0 Å². The Kier molecular flexibility index (Phi) is 2.91. The van der Waals surface area contributed by atoms with E-state index < -0.39 is 0 Å². The first-order valence-corrected chi connectivity index (χ1v) is 8.90. The molecule has 6 atom stereocenters. The number of hydrogen-bond donors (Lipinski definition) is 1. The summed E-state index contributed by atoms with van der Waals surface area (Å²) in [7, 11) is 0. The molecule has 4 aliphatic rings. The van der Waals surface area contributed by atoms with E-state index in [1.807, 2.05) is 0 Å². The minimum Gasteiger partial charge on any atom is -0.393 e. The van der Waals surface area contributed by atoms with Gasteiger partial charge in [0, 0.05) is 0 Å². The van der Waals surface area contributed by atoms with Gasteiger partial charge in [-0.15, -0.1) is 0 Å². The third kappa shape index (κ3) is 1.71. The summed E-state index contributed by atoms with van der Waals surface area (Å²) in [4.78, 5) is 0. The van der Waals surface area contributed by atoms with Crippen molar-refractivity contribution in [3.05, 3.63) is 11.6 Å². The number of fused-ring (bicyclic) bond motifs is 5. The van der Waals surface area contributed by atoms with Crippen molar-refractivity contribution < 1.29 is 5.11 Å². The summed E-state index contributed by atoms with van der Waals surface area (Å²) < 4.78 is 0. The minimum atomic E-state index is -0.0637. The van der Waals surface area contributed by atoms with Crippen molar-refractivity contribution in [2.24, 2.45) is 28.6 Å². The highest BCUT2D eigenvalue weighted by atomic mass is 16.3. The first-order valence-electron chi connectivity index (χ1n) is 8.90. The van der Waals surface area contributed by atoms with E-state index in [1.54, 1.807) is 5.57 Å². The molecule has 4 aliphatic carbocycles. The van der Waals surface area contributed by atoms with Crippen LogP contribution in [0.5, 0.6) is 0 Å². The van der Waals surface area contributed by atoms with E-state index in [2.05, 4.69) is 19.9 Å². The second-order valence-corrected chi connectivity index (χ2v) is 8.74. The Morgan fingerprint density at radius 3 is 2.75 bits per heavy atom. The highest BCUT2D eigenvalue weighted by Crippen LogP contribution is 2.64. The van der Waals surface area contributed by atoms with Gasteiger partial charge in [-0.1, -0.05) is 31.9 Å². The smallest absolute Gasteiger partial charge is 0.0577 e. The lowest BCUT2D eigenvalue weighted by Gasteiger charge is -2.57. The molecule has 0 aromatic rings. The van der Waals surface area contributed by atoms with Crippen molar-refractivity contribution in [3.63, 3.8) is 0 Å². The van der Waals surface area contributed by atoms with Gasteiger partial charge in [0.2, 0.25) is 0 Å². The molecular formula is C19H30O. The first kappa shape index (κ1) is 13.4. The second-order valence-electron chi connectivity index (χ2n) is 8.74. The van der Waals surface area contributed by atoms with Crippen molar-refractivity contribution in [3.8, 4) is 0 Å². The average Bonchev–Trinajstić information content (AvgIpc) is 2.81. The summed E-state index contributed by atoms with van der Waals surface area (Å²) in [6.07, 6.45) is 14.3. The van der Waals surface area contributed by atoms with Crippen LogP contribution in [0.3, 0.4) is 0 Å². The summed E-state index contributed by atoms with van der Waals surface area (Å²) in [5.74, 6) is 2.84. The Morgan fingerprint density at radius 1 is 1.05 bits per heavy atom. The minimum absolute atomic E-state index is 0.0637. The Labute approximate surface area is 123 Å². The normalized spacial score (nSPS) is 54.6. The van der Waals surface area contributed by atoms with Crippen LogP contribution in [0.15, 0.2) is 11.6 Å². The Hall–Kier alpha value is -0.300. The van der Waals surface area contributed by atoms with Crippen molar-refractivity contribution in [1.29, 1.82) is 0 Å². The molecule has 1 N–H and O–H groups in total. The summed E-state index contributed by atoms with van der Waals surface area (Å²) >= 11 is 0. The summed E-state index contributed by atoms with van der Waals surface area (Å²) in [6, 6.07) is 0. The lowest BCUT2D eigenvalue weighted by atomic mass is 9.48. The maximum atomic E-state index is 10.0. The second kappa shape index (κ2) is 4.35. The van der Waals surface area contributed by atoms with Crippen LogP contribution >= 0.6 is 0 Å². The fourth-order valence-electron chi connectivity index (χ4n) is 6.63. The van der Waals surface area contributed by atoms with E-state index in [-0.39, 0.29) is 6.10 Å². The fourth-order valence-corrected chi connectivity index (χ4v) is 6.63. The van der Waals surface area contributed by atoms with Gasteiger partial charge in [-0.05, 0) is 80.0 Å². The number of hydrogen-bond acceptors (Lipinski definition) is 1. The number of aliphatic hydroxyl groups is 1. The van der Waals surface area contributed by atoms with Gasteiger partial charge in [0.1, 0.15) is 0 Å². The van der Waals surface area contributed by atoms with Crippen LogP contribution in [0.25, 0.3) is 0 Å². The van der Waals surface area contributed by atoms with Crippen molar-refractivity contribution in [1.82, 2.24) is 0 Å². The molecule has 3 saturated carbocycles. The molecule has 112 valence electrons. The van der Waals surface area contributed by atoms with Crippen LogP contribution in [0.1, 0.15) is 71.6 Å². The van der Waals surface area contributed by atoms with E-state index in [9.17, 15) is 5.11 Å². The summed E-state index contributed by atoms with van der Waals surface area (Å²) in [5.41, 5.74) is 2.70. The standard InChI is InChI=1S/C19H30O/c1-18-9-3-4-16(18)15-6-5-13-12-14(20)7-11-19(13,2)17(15)8-10-18/h5,14-17,20H,3-4,6-12H2,1-2H3/t14-,15-,16-,17-,18-,19-/m0/s1. The summed E-state index contributed by atoms with van der Waals surface area (Å²) in [6.45, 7) is 5.10. The lowest BCUT2D eigenvalue weighted by Crippen LogP contribution is -2.49. The van der Waals surface area contributed by atoms with Crippen molar-refractivity contribution in [2.75, 3.05) is 0 Å². The van der Waals surface area contributed by atoms with E-state index in [0.717, 1.165) is 30.6 Å². The third-order valence-corrected chi connectivity index (χ3v) is 7.86. The van der Waals surface area contributed by atoms with E-state index in [1.165, 1.54) is 44.9 Å². The molecule has 0 unspecified atom stereocenters. The van der Waals surface area contributed by atoms with Gasteiger partial charge in [0.05, 0.1) is 6.10 Å². The Balaban J connectivity index is 1.68. The van der Waals surface area contributed by atoms with Gasteiger partial charge >= 0.3 is 0 Å². The zero-order valence-corrected chi connectivity index (χ0v) is 13.2. The average molecular weight is 274 g/mol. The Morgan fingerprint density at radius 2 is 1.90 bits per heavy atom. The molecule has 3 fully saturated rings. The Bertz CT molecular complexity index is 439. The van der Waals surface area contributed by atoms with Crippen LogP contribution in [0, 0.1) is 28.6 Å². The SMILES string of the molecule is C[C@@]12CCC[C@H]1[C@@H]1CC=C3C[C@@H](O)CC[C@]3(C)[C@H]1CC2. The molecule has 0 aliphatic heterocycles. The van der Waals surface area contributed by atoms with Crippen LogP contribution < -0.4 is 0 Å². The summed E-state index contributed by atoms with van der Waals surface area (Å²) in [5, 5.41) is 10.0. The van der Waals surface area contributed by atoms with Gasteiger partial charge < -0.3 is 5.11 Å². The van der Waals surface area contributed by atoms with Crippen molar-refractivity contribution >= 4 is 0 Å². The van der Waals surface area contributed by atoms with Crippen LogP contribution in [0.4, 0.5) is 0 Å². The molecule has 0 amide bonds. The van der Waals surface area contributed by atoms with Crippen LogP contribution in [0.2, 0.25) is 0 Å². The molecule has 0 saturated heterocycles. The van der Waals surface area contributed by atoms with E-state index >= 15 is 0 Å². The van der Waals surface area contributed by atoms with Crippen molar-refractivity contribution in [2.45, 2.75) is 77.7 Å². The molecule has 1 nitrogen and oxygen atoms in total. The van der Waals surface area contributed by atoms with Gasteiger partial charge in [-0.2, -0.15) is 0 Å². The van der Waals surface area contributed by atoms with Gasteiger partial charge in [0.25, 0.3) is 0 Å². The first-order chi connectivity index (χ1) is 9.53. The molecule has 0 aromatic heterocycles. The molecule has 0 aromatic carbocycles. The number of rotatable bonds is 0. The predicted molar refractivity (Wildman–Crippen MR) is 82.3 cm³/mol. The third-order valence-electron chi connectivity index (χ3n) is 7.86. The maximum Gasteiger partial charge on any atom is 0.0577 e. The number of allylic oxidation sites excluding steroid dienone is 1. The maximum absolute atomic E-state index is 10.0. The number of aliphatic hydroxyl groups excluding tert-OH is 1. The van der Waals surface area contributed by atoms with Crippen LogP contribution in [-0.4, -0.2) is 11.2 Å².